The van der Waals surface area contributed by atoms with Crippen molar-refractivity contribution in [1.29, 1.82) is 0 Å². The average molecular weight is 393 g/mol. The molecule has 0 N–H and O–H groups in total. The summed E-state index contributed by atoms with van der Waals surface area (Å²) >= 11 is 0. The first-order chi connectivity index (χ1) is 10.4. The van der Waals surface area contributed by atoms with Gasteiger partial charge in [0.25, 0.3) is 0 Å². The van der Waals surface area contributed by atoms with Crippen LogP contribution in [0.25, 0.3) is 0 Å². The number of hydrogen-bond donors (Lipinski definition) is 0. The fourth-order valence-corrected chi connectivity index (χ4v) is 2.49. The maximum absolute atomic E-state index is 12.1. The number of halogens is 7. The van der Waals surface area contributed by atoms with Gasteiger partial charge >= 0.3 is 18.0 Å². The fourth-order valence-electron chi connectivity index (χ4n) is 1.86. The first-order valence-electron chi connectivity index (χ1n) is 7.06. The van der Waals surface area contributed by atoms with Crippen molar-refractivity contribution in [2.75, 3.05) is 31.9 Å². The molecular weight excluding hydrogens is 371 g/mol. The van der Waals surface area contributed by atoms with Crippen molar-refractivity contribution in [2.24, 2.45) is 0 Å². The van der Waals surface area contributed by atoms with Gasteiger partial charge in [0.05, 0.1) is 26.2 Å². The molecule has 0 fully saturated rings. The van der Waals surface area contributed by atoms with Gasteiger partial charge in [0.1, 0.15) is 15.9 Å². The van der Waals surface area contributed by atoms with Gasteiger partial charge in [-0.25, -0.2) is 8.42 Å². The van der Waals surface area contributed by atoms with Crippen molar-refractivity contribution >= 4 is 10.1 Å². The van der Waals surface area contributed by atoms with E-state index < -0.39 is 33.9 Å². The molecular formula is C12H22F7NO3S. The first-order valence-corrected chi connectivity index (χ1v) is 8.64. The van der Waals surface area contributed by atoms with Crippen LogP contribution in [0.15, 0.2) is 0 Å². The molecule has 12 heteroatoms. The lowest BCUT2D eigenvalue weighted by atomic mass is 10.2. The molecule has 0 aromatic heterocycles. The lowest BCUT2D eigenvalue weighted by Gasteiger charge is -2.34. The molecule has 0 aliphatic carbocycles. The predicted molar refractivity (Wildman–Crippen MR) is 72.9 cm³/mol. The van der Waals surface area contributed by atoms with Crippen LogP contribution in [0.4, 0.5) is 30.7 Å². The largest absolute Gasteiger partial charge is 0.748 e. The van der Waals surface area contributed by atoms with Crippen LogP contribution in [0.1, 0.15) is 27.7 Å². The quantitative estimate of drug-likeness (QED) is 0.379. The van der Waals surface area contributed by atoms with Crippen molar-refractivity contribution in [2.45, 2.75) is 45.7 Å². The van der Waals surface area contributed by atoms with Crippen LogP contribution >= 0.6 is 0 Å². The molecule has 0 aromatic rings. The van der Waals surface area contributed by atoms with E-state index in [1.807, 2.05) is 0 Å². The second kappa shape index (κ2) is 8.65. The van der Waals surface area contributed by atoms with E-state index in [-0.39, 0.29) is 0 Å². The summed E-state index contributed by atoms with van der Waals surface area (Å²) in [6.07, 6.45) is -6.64. The van der Waals surface area contributed by atoms with Crippen LogP contribution in [-0.2, 0) is 10.1 Å². The molecule has 0 aliphatic heterocycles. The van der Waals surface area contributed by atoms with E-state index >= 15 is 0 Å². The SMILES string of the molecule is CC[N+](CC)(CC)CC.O=S(=O)([O-])CC(F)(F)C(F)(F)C(F)(F)F. The zero-order chi connectivity index (χ0) is 20.0. The molecule has 0 saturated heterocycles. The van der Waals surface area contributed by atoms with Crippen LogP contribution in [0.5, 0.6) is 0 Å². The minimum Gasteiger partial charge on any atom is -0.748 e. The average Bonchev–Trinajstić information content (AvgIpc) is 2.38. The van der Waals surface area contributed by atoms with Gasteiger partial charge in [-0.3, -0.25) is 0 Å². The lowest BCUT2D eigenvalue weighted by Crippen LogP contribution is -2.55. The normalized spacial score (nSPS) is 14.2. The molecule has 0 aliphatic rings. The molecule has 0 saturated carbocycles. The third kappa shape index (κ3) is 7.09. The van der Waals surface area contributed by atoms with Gasteiger partial charge in [-0.1, -0.05) is 0 Å². The summed E-state index contributed by atoms with van der Waals surface area (Å²) < 4.78 is 113. The van der Waals surface area contributed by atoms with Crippen molar-refractivity contribution in [1.82, 2.24) is 0 Å². The highest BCUT2D eigenvalue weighted by molar-refractivity contribution is 7.85. The highest BCUT2D eigenvalue weighted by atomic mass is 32.2. The Bertz CT molecular complexity index is 456. The van der Waals surface area contributed by atoms with Gasteiger partial charge in [0.15, 0.2) is 0 Å². The molecule has 0 rings (SSSR count). The van der Waals surface area contributed by atoms with Gasteiger partial charge in [0.2, 0.25) is 0 Å². The van der Waals surface area contributed by atoms with Crippen molar-refractivity contribution in [3.63, 3.8) is 0 Å². The van der Waals surface area contributed by atoms with E-state index in [9.17, 15) is 43.7 Å². The van der Waals surface area contributed by atoms with E-state index in [1.165, 1.54) is 30.7 Å². The summed E-state index contributed by atoms with van der Waals surface area (Å²) in [4.78, 5) is 0. The number of hydrogen-bond acceptors (Lipinski definition) is 3. The van der Waals surface area contributed by atoms with E-state index in [0.717, 1.165) is 0 Å². The second-order valence-electron chi connectivity index (χ2n) is 5.09. The monoisotopic (exact) mass is 393 g/mol. The van der Waals surface area contributed by atoms with E-state index in [1.54, 1.807) is 0 Å². The van der Waals surface area contributed by atoms with Gasteiger partial charge in [-0.2, -0.15) is 30.7 Å². The Morgan fingerprint density at radius 2 is 1.08 bits per heavy atom. The Morgan fingerprint density at radius 3 is 1.21 bits per heavy atom. The molecule has 24 heavy (non-hydrogen) atoms. The van der Waals surface area contributed by atoms with Gasteiger partial charge in [-0.05, 0) is 27.7 Å². The van der Waals surface area contributed by atoms with Crippen molar-refractivity contribution < 1.29 is 48.2 Å². The van der Waals surface area contributed by atoms with Crippen LogP contribution in [-0.4, -0.2) is 67.4 Å². The predicted octanol–water partition coefficient (Wildman–Crippen LogP) is 3.25. The molecule has 0 atom stereocenters. The number of quaternary nitrogens is 1. The van der Waals surface area contributed by atoms with E-state index in [4.69, 9.17) is 0 Å². The van der Waals surface area contributed by atoms with E-state index in [2.05, 4.69) is 27.7 Å². The minimum atomic E-state index is -6.64. The smallest absolute Gasteiger partial charge is 0.459 e. The standard InChI is InChI=1S/C8H20N.C4H3F7O3S/c1-5-9(6-2,7-3)8-4;5-2(6,1-15(12,13)14)3(7,8)4(9,10)11/h5-8H2,1-4H3;1H2,(H,12,13,14)/q+1;/p-1. The second-order valence-corrected chi connectivity index (χ2v) is 6.49. The van der Waals surface area contributed by atoms with Crippen LogP contribution < -0.4 is 0 Å². The Balaban J connectivity index is 0. The summed E-state index contributed by atoms with van der Waals surface area (Å²) in [5.74, 6) is -15.7. The van der Waals surface area contributed by atoms with Crippen molar-refractivity contribution in [3.05, 3.63) is 0 Å². The molecule has 148 valence electrons. The first kappa shape index (κ1) is 25.6. The Labute approximate surface area is 137 Å². The molecule has 0 spiro atoms. The molecule has 0 aromatic carbocycles. The summed E-state index contributed by atoms with van der Waals surface area (Å²) in [6.45, 7) is 14.2. The van der Waals surface area contributed by atoms with Crippen molar-refractivity contribution in [3.8, 4) is 0 Å². The summed E-state index contributed by atoms with van der Waals surface area (Å²) in [5.41, 5.74) is 0. The third-order valence-corrected chi connectivity index (χ3v) is 4.57. The van der Waals surface area contributed by atoms with E-state index in [0.29, 0.717) is 0 Å². The van der Waals surface area contributed by atoms with Gasteiger partial charge in [0, 0.05) is 0 Å². The summed E-state index contributed by atoms with van der Waals surface area (Å²) in [7, 11) is -5.91. The number of alkyl halides is 7. The lowest BCUT2D eigenvalue weighted by molar-refractivity contribution is -0.921. The van der Waals surface area contributed by atoms with Gasteiger partial charge < -0.3 is 9.04 Å². The minimum absolute atomic E-state index is 1.28. The molecule has 0 amide bonds. The maximum Gasteiger partial charge on any atom is 0.459 e. The third-order valence-electron chi connectivity index (χ3n) is 3.86. The molecule has 0 heterocycles. The molecule has 4 nitrogen and oxygen atoms in total. The zero-order valence-electron chi connectivity index (χ0n) is 13.8. The summed E-state index contributed by atoms with van der Waals surface area (Å²) in [5, 5.41) is 0. The zero-order valence-corrected chi connectivity index (χ0v) is 14.6. The molecule has 0 unspecified atom stereocenters. The van der Waals surface area contributed by atoms with Crippen LogP contribution in [0.3, 0.4) is 0 Å². The molecule has 0 bridgehead atoms. The van der Waals surface area contributed by atoms with Crippen LogP contribution in [0.2, 0.25) is 0 Å². The highest BCUT2D eigenvalue weighted by Gasteiger charge is 2.73. The van der Waals surface area contributed by atoms with Crippen LogP contribution in [0, 0.1) is 0 Å². The molecule has 0 radical (unpaired) electrons. The summed E-state index contributed by atoms with van der Waals surface area (Å²) in [6, 6.07) is 0. The Hall–Kier alpha value is -0.620. The number of nitrogens with zero attached hydrogens (tertiary/aromatic N) is 1. The Morgan fingerprint density at radius 1 is 0.792 bits per heavy atom. The van der Waals surface area contributed by atoms with Gasteiger partial charge in [-0.15, -0.1) is 0 Å². The number of rotatable bonds is 7. The Kier molecular flexibility index (Phi) is 9.24. The topological polar surface area (TPSA) is 57.2 Å². The highest BCUT2D eigenvalue weighted by Crippen LogP contribution is 2.46. The fraction of sp³-hybridized carbons (Fsp3) is 1.00. The maximum atomic E-state index is 12.1.